The molecule has 0 aliphatic heterocycles. The molecule has 1 rings (SSSR count). The van der Waals surface area contributed by atoms with Crippen molar-refractivity contribution in [3.05, 3.63) is 33.8 Å². The van der Waals surface area contributed by atoms with Gasteiger partial charge in [-0.3, -0.25) is 9.69 Å². The number of carbonyl (C=O) groups is 1. The van der Waals surface area contributed by atoms with Crippen molar-refractivity contribution in [2.24, 2.45) is 0 Å². The van der Waals surface area contributed by atoms with Gasteiger partial charge in [-0.15, -0.1) is 6.42 Å². The maximum atomic E-state index is 10.8. The lowest BCUT2D eigenvalue weighted by Crippen LogP contribution is -2.32. The van der Waals surface area contributed by atoms with Crippen molar-refractivity contribution in [2.75, 3.05) is 13.1 Å². The van der Waals surface area contributed by atoms with Gasteiger partial charge >= 0.3 is 5.97 Å². The third-order valence-corrected chi connectivity index (χ3v) is 3.35. The lowest BCUT2D eigenvalue weighted by molar-refractivity contribution is -0.138. The van der Waals surface area contributed by atoms with Crippen LogP contribution >= 0.6 is 23.2 Å². The van der Waals surface area contributed by atoms with Gasteiger partial charge in [-0.2, -0.15) is 0 Å². The highest BCUT2D eigenvalue weighted by Gasteiger charge is 2.18. The highest BCUT2D eigenvalue weighted by atomic mass is 35.5. The summed E-state index contributed by atoms with van der Waals surface area (Å²) in [6, 6.07) is 5.07. The molecule has 1 atom stereocenters. The Morgan fingerprint density at radius 2 is 2.17 bits per heavy atom. The highest BCUT2D eigenvalue weighted by molar-refractivity contribution is 6.42. The van der Waals surface area contributed by atoms with E-state index in [0.717, 1.165) is 5.56 Å². The number of hydrogen-bond acceptors (Lipinski definition) is 2. The fourth-order valence-electron chi connectivity index (χ4n) is 1.60. The van der Waals surface area contributed by atoms with Crippen LogP contribution in [0.5, 0.6) is 0 Å². The minimum Gasteiger partial charge on any atom is -0.480 e. The first-order valence-corrected chi connectivity index (χ1v) is 6.05. The first kappa shape index (κ1) is 14.8. The molecule has 1 aromatic carbocycles. The average Bonchev–Trinajstić information content (AvgIpc) is 2.31. The van der Waals surface area contributed by atoms with E-state index in [1.54, 1.807) is 17.0 Å². The summed E-state index contributed by atoms with van der Waals surface area (Å²) >= 11 is 11.8. The van der Waals surface area contributed by atoms with Gasteiger partial charge in [0.05, 0.1) is 23.1 Å². The molecular formula is C13H13Cl2NO2. The number of halogens is 2. The predicted molar refractivity (Wildman–Crippen MR) is 72.9 cm³/mol. The Kier molecular flexibility index (Phi) is 5.49. The first-order valence-electron chi connectivity index (χ1n) is 5.30. The Hall–Kier alpha value is -1.21. The monoisotopic (exact) mass is 285 g/mol. The number of terminal acetylenes is 1. The molecule has 18 heavy (non-hydrogen) atoms. The van der Waals surface area contributed by atoms with Crippen molar-refractivity contribution in [2.45, 2.75) is 13.0 Å². The van der Waals surface area contributed by atoms with E-state index in [0.29, 0.717) is 10.0 Å². The maximum absolute atomic E-state index is 10.8. The van der Waals surface area contributed by atoms with Crippen molar-refractivity contribution in [1.29, 1.82) is 0 Å². The summed E-state index contributed by atoms with van der Waals surface area (Å²) in [5, 5.41) is 9.76. The van der Waals surface area contributed by atoms with Crippen LogP contribution in [-0.4, -0.2) is 29.1 Å². The van der Waals surface area contributed by atoms with Gasteiger partial charge in [0.2, 0.25) is 0 Å². The van der Waals surface area contributed by atoms with Crippen LogP contribution in [-0.2, 0) is 4.79 Å². The van der Waals surface area contributed by atoms with Crippen LogP contribution in [0.3, 0.4) is 0 Å². The third kappa shape index (κ3) is 3.92. The van der Waals surface area contributed by atoms with Crippen LogP contribution in [0.25, 0.3) is 0 Å². The number of benzene rings is 1. The number of aliphatic carboxylic acids is 1. The summed E-state index contributed by atoms with van der Waals surface area (Å²) in [6.07, 6.45) is 5.24. The molecule has 0 amide bonds. The molecular weight excluding hydrogens is 273 g/mol. The normalized spacial score (nSPS) is 12.2. The second-order valence-corrected chi connectivity index (χ2v) is 4.67. The first-order chi connectivity index (χ1) is 8.45. The summed E-state index contributed by atoms with van der Waals surface area (Å²) in [7, 11) is 0. The molecule has 5 heteroatoms. The fourth-order valence-corrected chi connectivity index (χ4v) is 1.91. The SMILES string of the molecule is C#CCN(CC(=O)O)C(C)c1ccc(Cl)c(Cl)c1. The molecule has 96 valence electrons. The minimum atomic E-state index is -0.919. The van der Waals surface area contributed by atoms with Gasteiger partial charge in [-0.05, 0) is 24.6 Å². The van der Waals surface area contributed by atoms with Crippen LogP contribution in [0.4, 0.5) is 0 Å². The Labute approximate surface area is 116 Å². The van der Waals surface area contributed by atoms with Crippen molar-refractivity contribution >= 4 is 29.2 Å². The molecule has 3 nitrogen and oxygen atoms in total. The molecule has 0 saturated carbocycles. The number of hydrogen-bond donors (Lipinski definition) is 1. The van der Waals surface area contributed by atoms with Gasteiger partial charge in [-0.1, -0.05) is 35.2 Å². The molecule has 0 aliphatic rings. The Morgan fingerprint density at radius 1 is 1.50 bits per heavy atom. The van der Waals surface area contributed by atoms with Crippen molar-refractivity contribution in [3.63, 3.8) is 0 Å². The average molecular weight is 286 g/mol. The summed E-state index contributed by atoms with van der Waals surface area (Å²) in [5.41, 5.74) is 0.876. The minimum absolute atomic E-state index is 0.119. The van der Waals surface area contributed by atoms with Gasteiger partial charge in [0.1, 0.15) is 0 Å². The Bertz CT molecular complexity index is 482. The van der Waals surface area contributed by atoms with Crippen LogP contribution < -0.4 is 0 Å². The smallest absolute Gasteiger partial charge is 0.317 e. The van der Waals surface area contributed by atoms with E-state index in [9.17, 15) is 4.79 Å². The molecule has 0 spiro atoms. The second-order valence-electron chi connectivity index (χ2n) is 3.85. The number of nitrogens with zero attached hydrogens (tertiary/aromatic N) is 1. The standard InChI is InChI=1S/C13H13Cl2NO2/c1-3-6-16(8-13(17)18)9(2)10-4-5-11(14)12(15)7-10/h1,4-5,7,9H,6,8H2,2H3,(H,17,18). The number of carboxylic acid groups (broad SMARTS) is 1. The number of rotatable bonds is 5. The molecule has 1 aromatic rings. The largest absolute Gasteiger partial charge is 0.480 e. The van der Waals surface area contributed by atoms with E-state index in [4.69, 9.17) is 34.7 Å². The van der Waals surface area contributed by atoms with Crippen LogP contribution in [0.1, 0.15) is 18.5 Å². The topological polar surface area (TPSA) is 40.5 Å². The second kappa shape index (κ2) is 6.65. The summed E-state index contributed by atoms with van der Waals surface area (Å²) in [5.74, 6) is 1.53. The lowest BCUT2D eigenvalue weighted by Gasteiger charge is -2.26. The van der Waals surface area contributed by atoms with Crippen molar-refractivity contribution in [3.8, 4) is 12.3 Å². The van der Waals surface area contributed by atoms with Gasteiger partial charge in [0.25, 0.3) is 0 Å². The molecule has 0 radical (unpaired) electrons. The van der Waals surface area contributed by atoms with E-state index in [-0.39, 0.29) is 19.1 Å². The maximum Gasteiger partial charge on any atom is 0.317 e. The van der Waals surface area contributed by atoms with E-state index in [1.807, 2.05) is 13.0 Å². The van der Waals surface area contributed by atoms with Gasteiger partial charge in [0, 0.05) is 6.04 Å². The molecule has 0 aliphatic carbocycles. The lowest BCUT2D eigenvalue weighted by atomic mass is 10.1. The van der Waals surface area contributed by atoms with E-state index in [2.05, 4.69) is 5.92 Å². The fraction of sp³-hybridized carbons (Fsp3) is 0.308. The van der Waals surface area contributed by atoms with E-state index >= 15 is 0 Å². The third-order valence-electron chi connectivity index (χ3n) is 2.61. The summed E-state index contributed by atoms with van der Waals surface area (Å²) in [4.78, 5) is 12.5. The zero-order valence-corrected chi connectivity index (χ0v) is 11.4. The van der Waals surface area contributed by atoms with E-state index < -0.39 is 5.97 Å². The molecule has 0 bridgehead atoms. The van der Waals surface area contributed by atoms with Gasteiger partial charge in [0.15, 0.2) is 0 Å². The van der Waals surface area contributed by atoms with Crippen molar-refractivity contribution in [1.82, 2.24) is 4.90 Å². The van der Waals surface area contributed by atoms with Crippen LogP contribution in [0.2, 0.25) is 10.0 Å². The molecule has 0 heterocycles. The van der Waals surface area contributed by atoms with Crippen LogP contribution in [0, 0.1) is 12.3 Å². The van der Waals surface area contributed by atoms with Gasteiger partial charge in [-0.25, -0.2) is 0 Å². The van der Waals surface area contributed by atoms with Gasteiger partial charge < -0.3 is 5.11 Å². The van der Waals surface area contributed by atoms with Crippen molar-refractivity contribution < 1.29 is 9.90 Å². The predicted octanol–water partition coefficient (Wildman–Crippen LogP) is 3.07. The molecule has 1 N–H and O–H groups in total. The van der Waals surface area contributed by atoms with Crippen LogP contribution in [0.15, 0.2) is 18.2 Å². The molecule has 0 aromatic heterocycles. The molecule has 0 fully saturated rings. The van der Waals surface area contributed by atoms with E-state index in [1.165, 1.54) is 0 Å². The molecule has 1 unspecified atom stereocenters. The number of carboxylic acids is 1. The Morgan fingerprint density at radius 3 is 2.67 bits per heavy atom. The molecule has 0 saturated heterocycles. The Balaban J connectivity index is 2.94. The summed E-state index contributed by atoms with van der Waals surface area (Å²) < 4.78 is 0. The summed E-state index contributed by atoms with van der Waals surface area (Å²) in [6.45, 7) is 2.01. The highest BCUT2D eigenvalue weighted by Crippen LogP contribution is 2.27. The zero-order chi connectivity index (χ0) is 13.7. The zero-order valence-electron chi connectivity index (χ0n) is 9.86. The quantitative estimate of drug-likeness (QED) is 0.846.